The average molecular weight is 368 g/mol. The number of hydrogen-bond acceptors (Lipinski definition) is 5. The highest BCUT2D eigenvalue weighted by atomic mass is 16.2. The van der Waals surface area contributed by atoms with Crippen LogP contribution in [0.1, 0.15) is 17.0 Å². The number of benzene rings is 1. The maximum atomic E-state index is 12.6. The summed E-state index contributed by atoms with van der Waals surface area (Å²) in [4.78, 5) is 27.6. The molecular formula is C20H28N6O. The molecule has 27 heavy (non-hydrogen) atoms. The molecule has 1 aliphatic rings. The summed E-state index contributed by atoms with van der Waals surface area (Å²) in [6.07, 6.45) is 0. The van der Waals surface area contributed by atoms with Crippen LogP contribution in [0.5, 0.6) is 0 Å². The van der Waals surface area contributed by atoms with Crippen molar-refractivity contribution < 1.29 is 4.79 Å². The number of nitrogens with one attached hydrogen (secondary N) is 1. The standard InChI is InChI=1S/C20H28N6O/c1-14-6-7-17(12-15(14)2)23-20(27)26-10-8-25(9-11-26)19-13-18(24(4)5)21-16(3)22-19/h6-7,12-13H,8-11H2,1-5H3,(H,23,27). The highest BCUT2D eigenvalue weighted by Crippen LogP contribution is 2.20. The Morgan fingerprint density at radius 3 is 2.33 bits per heavy atom. The summed E-state index contributed by atoms with van der Waals surface area (Å²) in [6.45, 7) is 8.86. The third-order valence-corrected chi connectivity index (χ3v) is 4.92. The highest BCUT2D eigenvalue weighted by Gasteiger charge is 2.22. The van der Waals surface area contributed by atoms with Crippen LogP contribution in [0.4, 0.5) is 22.1 Å². The minimum absolute atomic E-state index is 0.0502. The lowest BCUT2D eigenvalue weighted by molar-refractivity contribution is 0.208. The molecule has 1 fully saturated rings. The van der Waals surface area contributed by atoms with Crippen molar-refractivity contribution in [2.24, 2.45) is 0 Å². The van der Waals surface area contributed by atoms with Crippen LogP contribution < -0.4 is 15.1 Å². The van der Waals surface area contributed by atoms with Gasteiger partial charge in [0.25, 0.3) is 0 Å². The van der Waals surface area contributed by atoms with Crippen LogP contribution in [0.2, 0.25) is 0 Å². The molecule has 1 N–H and O–H groups in total. The van der Waals surface area contributed by atoms with E-state index in [0.717, 1.165) is 36.2 Å². The maximum Gasteiger partial charge on any atom is 0.321 e. The van der Waals surface area contributed by atoms with Crippen LogP contribution in [0.3, 0.4) is 0 Å². The molecular weight excluding hydrogens is 340 g/mol. The summed E-state index contributed by atoms with van der Waals surface area (Å²) >= 11 is 0. The summed E-state index contributed by atoms with van der Waals surface area (Å²) in [5.41, 5.74) is 3.24. The molecule has 0 aliphatic carbocycles. The Morgan fingerprint density at radius 2 is 1.70 bits per heavy atom. The van der Waals surface area contributed by atoms with E-state index in [4.69, 9.17) is 0 Å². The van der Waals surface area contributed by atoms with Gasteiger partial charge in [-0.3, -0.25) is 0 Å². The van der Waals surface area contributed by atoms with Gasteiger partial charge < -0.3 is 20.0 Å². The fourth-order valence-electron chi connectivity index (χ4n) is 3.09. The van der Waals surface area contributed by atoms with Gasteiger partial charge in [-0.2, -0.15) is 0 Å². The molecule has 0 radical (unpaired) electrons. The molecule has 7 heteroatoms. The molecule has 1 aromatic heterocycles. The molecule has 2 heterocycles. The van der Waals surface area contributed by atoms with Crippen LogP contribution in [0.25, 0.3) is 0 Å². The number of aromatic nitrogens is 2. The summed E-state index contributed by atoms with van der Waals surface area (Å²) in [6, 6.07) is 7.94. The molecule has 0 spiro atoms. The minimum atomic E-state index is -0.0502. The zero-order valence-corrected chi connectivity index (χ0v) is 16.8. The van der Waals surface area contributed by atoms with Crippen molar-refractivity contribution in [1.82, 2.24) is 14.9 Å². The third kappa shape index (κ3) is 4.48. The van der Waals surface area contributed by atoms with Crippen molar-refractivity contribution in [3.05, 3.63) is 41.2 Å². The molecule has 0 saturated carbocycles. The van der Waals surface area contributed by atoms with E-state index in [-0.39, 0.29) is 6.03 Å². The van der Waals surface area contributed by atoms with Gasteiger partial charge in [-0.15, -0.1) is 0 Å². The molecule has 1 aliphatic heterocycles. The van der Waals surface area contributed by atoms with Crippen LogP contribution >= 0.6 is 0 Å². The molecule has 144 valence electrons. The summed E-state index contributed by atoms with van der Waals surface area (Å²) in [5.74, 6) is 2.57. The number of rotatable bonds is 3. The molecule has 2 amide bonds. The molecule has 0 atom stereocenters. The van der Waals surface area contributed by atoms with Crippen LogP contribution in [-0.2, 0) is 0 Å². The van der Waals surface area contributed by atoms with Gasteiger partial charge >= 0.3 is 6.03 Å². The fraction of sp³-hybridized carbons (Fsp3) is 0.450. The van der Waals surface area contributed by atoms with E-state index in [0.29, 0.717) is 13.1 Å². The summed E-state index contributed by atoms with van der Waals surface area (Å²) in [7, 11) is 3.95. The lowest BCUT2D eigenvalue weighted by atomic mass is 10.1. The average Bonchev–Trinajstić information content (AvgIpc) is 2.64. The Kier molecular flexibility index (Phi) is 5.48. The molecule has 7 nitrogen and oxygen atoms in total. The van der Waals surface area contributed by atoms with Gasteiger partial charge in [-0.25, -0.2) is 14.8 Å². The first kappa shape index (κ1) is 18.9. The highest BCUT2D eigenvalue weighted by molar-refractivity contribution is 5.89. The number of anilines is 3. The summed E-state index contributed by atoms with van der Waals surface area (Å²) in [5, 5.41) is 3.00. The minimum Gasteiger partial charge on any atom is -0.363 e. The number of urea groups is 1. The van der Waals surface area contributed by atoms with Crippen molar-refractivity contribution in [3.8, 4) is 0 Å². The molecule has 3 rings (SSSR count). The summed E-state index contributed by atoms with van der Waals surface area (Å²) < 4.78 is 0. The predicted molar refractivity (Wildman–Crippen MR) is 110 cm³/mol. The number of nitrogens with zero attached hydrogens (tertiary/aromatic N) is 5. The Bertz CT molecular complexity index is 827. The van der Waals surface area contributed by atoms with Gasteiger partial charge in [-0.1, -0.05) is 6.07 Å². The molecule has 0 unspecified atom stereocenters. The topological polar surface area (TPSA) is 64.6 Å². The first-order valence-corrected chi connectivity index (χ1v) is 9.24. The number of carbonyl (C=O) groups is 1. The van der Waals surface area contributed by atoms with Gasteiger partial charge in [0.15, 0.2) is 0 Å². The second kappa shape index (κ2) is 7.82. The lowest BCUT2D eigenvalue weighted by Crippen LogP contribution is -2.50. The predicted octanol–water partition coefficient (Wildman–Crippen LogP) is 2.82. The van der Waals surface area contributed by atoms with E-state index >= 15 is 0 Å². The van der Waals surface area contributed by atoms with Gasteiger partial charge in [-0.05, 0) is 44.0 Å². The Balaban J connectivity index is 1.61. The van der Waals surface area contributed by atoms with Gasteiger partial charge in [0.2, 0.25) is 0 Å². The van der Waals surface area contributed by atoms with Crippen molar-refractivity contribution in [2.45, 2.75) is 20.8 Å². The smallest absolute Gasteiger partial charge is 0.321 e. The van der Waals surface area contributed by atoms with Gasteiger partial charge in [0.05, 0.1) is 0 Å². The van der Waals surface area contributed by atoms with Gasteiger partial charge in [0, 0.05) is 52.0 Å². The van der Waals surface area contributed by atoms with E-state index in [1.165, 1.54) is 11.1 Å². The second-order valence-electron chi connectivity index (χ2n) is 7.23. The molecule has 2 aromatic rings. The van der Waals surface area contributed by atoms with Crippen LogP contribution in [-0.4, -0.2) is 61.2 Å². The SMILES string of the molecule is Cc1nc(N(C)C)cc(N2CCN(C(=O)Nc3ccc(C)c(C)c3)CC2)n1. The molecule has 1 saturated heterocycles. The van der Waals surface area contributed by atoms with Crippen molar-refractivity contribution in [2.75, 3.05) is 55.4 Å². The van der Waals surface area contributed by atoms with E-state index in [9.17, 15) is 4.79 Å². The Labute approximate surface area is 161 Å². The Morgan fingerprint density at radius 1 is 1.00 bits per heavy atom. The van der Waals surface area contributed by atoms with E-state index in [1.54, 1.807) is 0 Å². The number of carbonyl (C=O) groups excluding carboxylic acids is 1. The first-order chi connectivity index (χ1) is 12.8. The van der Waals surface area contributed by atoms with Gasteiger partial charge in [0.1, 0.15) is 17.5 Å². The van der Waals surface area contributed by atoms with Crippen molar-refractivity contribution in [1.29, 1.82) is 0 Å². The van der Waals surface area contributed by atoms with E-state index in [1.807, 2.05) is 55.1 Å². The van der Waals surface area contributed by atoms with Crippen LogP contribution in [0.15, 0.2) is 24.3 Å². The fourth-order valence-corrected chi connectivity index (χ4v) is 3.09. The van der Waals surface area contributed by atoms with E-state index < -0.39 is 0 Å². The van der Waals surface area contributed by atoms with Crippen molar-refractivity contribution in [3.63, 3.8) is 0 Å². The van der Waals surface area contributed by atoms with Crippen LogP contribution in [0, 0.1) is 20.8 Å². The monoisotopic (exact) mass is 368 g/mol. The molecule has 0 bridgehead atoms. The maximum absolute atomic E-state index is 12.6. The zero-order valence-electron chi connectivity index (χ0n) is 16.8. The lowest BCUT2D eigenvalue weighted by Gasteiger charge is -2.35. The third-order valence-electron chi connectivity index (χ3n) is 4.92. The Hall–Kier alpha value is -2.83. The number of aryl methyl sites for hydroxylation is 3. The number of amides is 2. The second-order valence-corrected chi connectivity index (χ2v) is 7.23. The quantitative estimate of drug-likeness (QED) is 0.902. The largest absolute Gasteiger partial charge is 0.363 e. The zero-order chi connectivity index (χ0) is 19.6. The van der Waals surface area contributed by atoms with E-state index in [2.05, 4.69) is 34.0 Å². The van der Waals surface area contributed by atoms with Crippen molar-refractivity contribution >= 4 is 23.4 Å². The number of piperazine rings is 1. The molecule has 1 aromatic carbocycles. The first-order valence-electron chi connectivity index (χ1n) is 9.24. The normalized spacial score (nSPS) is 14.3. The number of hydrogen-bond donors (Lipinski definition) is 1.